The zero-order chi connectivity index (χ0) is 24.3. The molecule has 2 atom stereocenters. The van der Waals surface area contributed by atoms with E-state index in [-0.39, 0.29) is 23.5 Å². The second kappa shape index (κ2) is 10.5. The molecule has 6 heteroatoms. The lowest BCUT2D eigenvalue weighted by Crippen LogP contribution is -2.50. The van der Waals surface area contributed by atoms with Crippen molar-refractivity contribution in [2.45, 2.75) is 36.9 Å². The first-order chi connectivity index (χ1) is 17.2. The molecule has 1 fully saturated rings. The topological polar surface area (TPSA) is 54.5 Å². The molecular formula is C29H33N3O2S. The minimum absolute atomic E-state index is 0.0597. The van der Waals surface area contributed by atoms with Crippen molar-refractivity contribution in [3.05, 3.63) is 90.3 Å². The molecule has 0 unspecified atom stereocenters. The van der Waals surface area contributed by atoms with Crippen LogP contribution in [0.1, 0.15) is 35.6 Å². The van der Waals surface area contributed by atoms with E-state index in [2.05, 4.69) is 70.3 Å². The van der Waals surface area contributed by atoms with Crippen LogP contribution >= 0.6 is 11.8 Å². The summed E-state index contributed by atoms with van der Waals surface area (Å²) in [5, 5.41) is 5.76. The number of benzene rings is 2. The van der Waals surface area contributed by atoms with Gasteiger partial charge in [0.05, 0.1) is 24.5 Å². The molecule has 0 radical (unpaired) electrons. The van der Waals surface area contributed by atoms with E-state index in [0.29, 0.717) is 12.4 Å². The molecule has 1 aromatic heterocycles. The molecular weight excluding hydrogens is 454 g/mol. The summed E-state index contributed by atoms with van der Waals surface area (Å²) in [6.07, 6.45) is 9.46. The van der Waals surface area contributed by atoms with E-state index in [1.165, 1.54) is 27.5 Å². The van der Waals surface area contributed by atoms with Crippen molar-refractivity contribution in [2.24, 2.45) is 0 Å². The molecule has 3 aromatic rings. The van der Waals surface area contributed by atoms with Crippen LogP contribution in [-0.2, 0) is 21.5 Å². The maximum absolute atomic E-state index is 12.6. The SMILES string of the molecule is C=CCO[C@@H]1[C@@H](NC(=O)CSC)c2ccccc2C12CCN(Cc1cccc3cnccc13)CC2. The Bertz CT molecular complexity index is 1200. The third kappa shape index (κ3) is 4.63. The first-order valence-electron chi connectivity index (χ1n) is 12.3. The molecule has 1 saturated heterocycles. The summed E-state index contributed by atoms with van der Waals surface area (Å²) in [7, 11) is 0. The van der Waals surface area contributed by atoms with Crippen molar-refractivity contribution in [1.29, 1.82) is 0 Å². The van der Waals surface area contributed by atoms with E-state index < -0.39 is 0 Å². The average Bonchev–Trinajstić information content (AvgIpc) is 3.13. The number of ether oxygens (including phenoxy) is 1. The average molecular weight is 488 g/mol. The van der Waals surface area contributed by atoms with Gasteiger partial charge in [0.25, 0.3) is 0 Å². The van der Waals surface area contributed by atoms with E-state index in [9.17, 15) is 4.79 Å². The van der Waals surface area contributed by atoms with Gasteiger partial charge in [0.15, 0.2) is 0 Å². The fourth-order valence-electron chi connectivity index (χ4n) is 6.02. The van der Waals surface area contributed by atoms with Crippen molar-refractivity contribution in [1.82, 2.24) is 15.2 Å². The highest BCUT2D eigenvalue weighted by molar-refractivity contribution is 7.99. The molecule has 2 aliphatic rings. The first-order valence-corrected chi connectivity index (χ1v) is 13.7. The Morgan fingerprint density at radius 2 is 2.06 bits per heavy atom. The van der Waals surface area contributed by atoms with Crippen molar-refractivity contribution < 1.29 is 9.53 Å². The third-order valence-corrected chi connectivity index (χ3v) is 8.13. The standard InChI is InChI=1S/C29H33N3O2S/c1-3-17-34-28-27(31-26(33)20-35-2)24-9-4-5-10-25(24)29(28)12-15-32(16-13-29)19-22-8-6-7-21-18-30-14-11-23(21)22/h3-11,14,18,27-28H,1,12-13,15-17,19-20H2,2H3,(H,31,33)/t27-,28+/m0/s1. The van der Waals surface area contributed by atoms with E-state index in [1.807, 2.05) is 24.7 Å². The number of hydrogen-bond acceptors (Lipinski definition) is 5. The molecule has 5 rings (SSSR count). The molecule has 1 spiro atoms. The maximum Gasteiger partial charge on any atom is 0.230 e. The molecule has 35 heavy (non-hydrogen) atoms. The number of piperidine rings is 1. The fraction of sp³-hybridized carbons (Fsp3) is 0.379. The first kappa shape index (κ1) is 24.0. The lowest BCUT2D eigenvalue weighted by atomic mass is 9.71. The van der Waals surface area contributed by atoms with Crippen LogP contribution in [0, 0.1) is 0 Å². The van der Waals surface area contributed by atoms with Crippen LogP contribution < -0.4 is 5.32 Å². The molecule has 2 aromatic carbocycles. The van der Waals surface area contributed by atoms with Gasteiger partial charge >= 0.3 is 0 Å². The number of carbonyl (C=O) groups is 1. The highest BCUT2D eigenvalue weighted by atomic mass is 32.2. The Balaban J connectivity index is 1.40. The highest BCUT2D eigenvalue weighted by Gasteiger charge is 2.54. The Labute approximate surface area is 212 Å². The van der Waals surface area contributed by atoms with Gasteiger partial charge in [-0.3, -0.25) is 14.7 Å². The lowest BCUT2D eigenvalue weighted by Gasteiger charge is -2.44. The molecule has 1 amide bonds. The van der Waals surface area contributed by atoms with Gasteiger partial charge in [0, 0.05) is 29.7 Å². The summed E-state index contributed by atoms with van der Waals surface area (Å²) in [6.45, 7) is 7.23. The number of likely N-dealkylation sites (tertiary alicyclic amines) is 1. The second-order valence-electron chi connectivity index (χ2n) is 9.55. The predicted octanol–water partition coefficient (Wildman–Crippen LogP) is 4.87. The van der Waals surface area contributed by atoms with E-state index in [1.54, 1.807) is 11.8 Å². The second-order valence-corrected chi connectivity index (χ2v) is 10.4. The zero-order valence-corrected chi connectivity index (χ0v) is 21.1. The van der Waals surface area contributed by atoms with Crippen LogP contribution in [-0.4, -0.2) is 53.6 Å². The van der Waals surface area contributed by atoms with Gasteiger partial charge in [-0.2, -0.15) is 11.8 Å². The summed E-state index contributed by atoms with van der Waals surface area (Å²) >= 11 is 1.54. The quantitative estimate of drug-likeness (QED) is 0.459. The number of rotatable bonds is 8. The number of fused-ring (bicyclic) bond motifs is 3. The summed E-state index contributed by atoms with van der Waals surface area (Å²) in [5.74, 6) is 0.512. The number of pyridine rings is 1. The minimum Gasteiger partial charge on any atom is -0.371 e. The predicted molar refractivity (Wildman–Crippen MR) is 144 cm³/mol. The summed E-state index contributed by atoms with van der Waals surface area (Å²) in [4.78, 5) is 19.5. The Morgan fingerprint density at radius 1 is 1.23 bits per heavy atom. The lowest BCUT2D eigenvalue weighted by molar-refractivity contribution is -0.121. The normalized spacial score (nSPS) is 21.2. The largest absolute Gasteiger partial charge is 0.371 e. The minimum atomic E-state index is -0.136. The van der Waals surface area contributed by atoms with Gasteiger partial charge in [-0.25, -0.2) is 0 Å². The zero-order valence-electron chi connectivity index (χ0n) is 20.3. The summed E-state index contributed by atoms with van der Waals surface area (Å²) in [6, 6.07) is 17.0. The maximum atomic E-state index is 12.6. The molecule has 1 aliphatic carbocycles. The van der Waals surface area contributed by atoms with Crippen LogP contribution in [0.15, 0.2) is 73.6 Å². The van der Waals surface area contributed by atoms with Crippen molar-refractivity contribution >= 4 is 28.4 Å². The Kier molecular flexibility index (Phi) is 7.23. The van der Waals surface area contributed by atoms with E-state index in [0.717, 1.165) is 32.5 Å². The highest BCUT2D eigenvalue weighted by Crippen LogP contribution is 2.52. The van der Waals surface area contributed by atoms with Crippen molar-refractivity contribution in [3.63, 3.8) is 0 Å². The van der Waals surface area contributed by atoms with Gasteiger partial charge in [-0.05, 0) is 60.3 Å². The van der Waals surface area contributed by atoms with Gasteiger partial charge < -0.3 is 10.1 Å². The molecule has 2 heterocycles. The number of nitrogens with one attached hydrogen (secondary N) is 1. The summed E-state index contributed by atoms with van der Waals surface area (Å²) in [5.41, 5.74) is 3.76. The van der Waals surface area contributed by atoms with Crippen LogP contribution in [0.5, 0.6) is 0 Å². The number of aromatic nitrogens is 1. The molecule has 1 N–H and O–H groups in total. The van der Waals surface area contributed by atoms with E-state index in [4.69, 9.17) is 4.74 Å². The number of nitrogens with zero attached hydrogens (tertiary/aromatic N) is 2. The van der Waals surface area contributed by atoms with Crippen LogP contribution in [0.2, 0.25) is 0 Å². The summed E-state index contributed by atoms with van der Waals surface area (Å²) < 4.78 is 6.47. The molecule has 5 nitrogen and oxygen atoms in total. The number of carbonyl (C=O) groups excluding carboxylic acids is 1. The fourth-order valence-corrected chi connectivity index (χ4v) is 6.36. The number of thioether (sulfide) groups is 1. The molecule has 0 saturated carbocycles. The molecule has 182 valence electrons. The Morgan fingerprint density at radius 3 is 2.86 bits per heavy atom. The van der Waals surface area contributed by atoms with Gasteiger partial charge in [-0.1, -0.05) is 48.5 Å². The smallest absolute Gasteiger partial charge is 0.230 e. The third-order valence-electron chi connectivity index (χ3n) is 7.58. The molecule has 0 bridgehead atoms. The van der Waals surface area contributed by atoms with Crippen LogP contribution in [0.3, 0.4) is 0 Å². The van der Waals surface area contributed by atoms with Crippen LogP contribution in [0.25, 0.3) is 10.8 Å². The molecule has 1 aliphatic heterocycles. The number of amides is 1. The van der Waals surface area contributed by atoms with E-state index >= 15 is 0 Å². The monoisotopic (exact) mass is 487 g/mol. The van der Waals surface area contributed by atoms with Crippen molar-refractivity contribution in [3.8, 4) is 0 Å². The van der Waals surface area contributed by atoms with Gasteiger partial charge in [0.1, 0.15) is 0 Å². The van der Waals surface area contributed by atoms with Crippen LogP contribution in [0.4, 0.5) is 0 Å². The van der Waals surface area contributed by atoms with Gasteiger partial charge in [0.2, 0.25) is 5.91 Å². The van der Waals surface area contributed by atoms with Crippen molar-refractivity contribution in [2.75, 3.05) is 31.7 Å². The Hall–Kier alpha value is -2.67. The van der Waals surface area contributed by atoms with Gasteiger partial charge in [-0.15, -0.1) is 6.58 Å². The number of hydrogen-bond donors (Lipinski definition) is 1.